The van der Waals surface area contributed by atoms with Crippen molar-refractivity contribution in [3.8, 4) is 5.75 Å². The monoisotopic (exact) mass is 493 g/mol. The molecule has 1 aromatic carbocycles. The molecule has 2 fully saturated rings. The summed E-state index contributed by atoms with van der Waals surface area (Å²) in [6.45, 7) is 3.63. The predicted molar refractivity (Wildman–Crippen MR) is 134 cm³/mol. The molecule has 1 aliphatic carbocycles. The number of carbonyl (C=O) groups is 1. The number of nitrogens with one attached hydrogen (secondary N) is 1. The Morgan fingerprint density at radius 2 is 2.06 bits per heavy atom. The minimum Gasteiger partial charge on any atom is -0.491 e. The molecular formula is C25H28ClN7O2. The van der Waals surface area contributed by atoms with Crippen LogP contribution in [0.4, 0.5) is 5.69 Å². The van der Waals surface area contributed by atoms with Gasteiger partial charge in [0.15, 0.2) is 5.65 Å². The van der Waals surface area contributed by atoms with Crippen molar-refractivity contribution in [3.05, 3.63) is 48.5 Å². The van der Waals surface area contributed by atoms with E-state index in [0.29, 0.717) is 47.1 Å². The average molecular weight is 494 g/mol. The van der Waals surface area contributed by atoms with E-state index in [1.807, 2.05) is 12.1 Å². The van der Waals surface area contributed by atoms with Gasteiger partial charge in [-0.3, -0.25) is 9.48 Å². The highest BCUT2D eigenvalue weighted by Gasteiger charge is 2.25. The Bertz CT molecular complexity index is 1350. The predicted octanol–water partition coefficient (Wildman–Crippen LogP) is 4.00. The molecule has 35 heavy (non-hydrogen) atoms. The first-order chi connectivity index (χ1) is 17.2. The fourth-order valence-corrected chi connectivity index (χ4v) is 4.91. The minimum atomic E-state index is -0.270. The van der Waals surface area contributed by atoms with Crippen molar-refractivity contribution in [3.63, 3.8) is 0 Å². The Hall–Kier alpha value is -3.17. The summed E-state index contributed by atoms with van der Waals surface area (Å²) in [5, 5.41) is 13.1. The Kier molecular flexibility index (Phi) is 6.03. The number of likely N-dealkylation sites (tertiary alicyclic amines) is 1. The second-order valence-corrected chi connectivity index (χ2v) is 9.81. The molecule has 3 aromatic heterocycles. The van der Waals surface area contributed by atoms with E-state index >= 15 is 0 Å². The standard InChI is InChI=1S/C25H28ClN7O2/c26-6-11-31-9-4-19(5-10-31)33-15-18-12-22(23(13-21(18)30-33)35-16-17-2-3-17)29-25(34)20-14-28-32-8-1-7-27-24(20)32/h1,7-8,12-15,17,19H,2-6,9-11,16H2,(H,29,34). The Balaban J connectivity index is 1.27. The van der Waals surface area contributed by atoms with Gasteiger partial charge in [-0.1, -0.05) is 0 Å². The van der Waals surface area contributed by atoms with Crippen LogP contribution in [0.2, 0.25) is 0 Å². The second-order valence-electron chi connectivity index (χ2n) is 9.43. The van der Waals surface area contributed by atoms with E-state index in [1.54, 1.807) is 23.0 Å². The number of hydrogen-bond donors (Lipinski definition) is 1. The molecule has 1 N–H and O–H groups in total. The van der Waals surface area contributed by atoms with Crippen LogP contribution < -0.4 is 10.1 Å². The van der Waals surface area contributed by atoms with E-state index in [0.717, 1.165) is 43.4 Å². The van der Waals surface area contributed by atoms with Gasteiger partial charge in [-0.05, 0) is 43.7 Å². The highest BCUT2D eigenvalue weighted by atomic mass is 35.5. The van der Waals surface area contributed by atoms with Crippen LogP contribution in [0.15, 0.2) is 43.0 Å². The lowest BCUT2D eigenvalue weighted by Gasteiger charge is -2.31. The third kappa shape index (κ3) is 4.70. The van der Waals surface area contributed by atoms with Crippen LogP contribution in [0.1, 0.15) is 42.1 Å². The van der Waals surface area contributed by atoms with Gasteiger partial charge in [0.1, 0.15) is 11.3 Å². The number of fused-ring (bicyclic) bond motifs is 2. The summed E-state index contributed by atoms with van der Waals surface area (Å²) in [7, 11) is 0. The summed E-state index contributed by atoms with van der Waals surface area (Å²) in [6, 6.07) is 6.04. The van der Waals surface area contributed by atoms with Crippen molar-refractivity contribution in [1.82, 2.24) is 29.3 Å². The van der Waals surface area contributed by atoms with Gasteiger partial charge < -0.3 is 15.0 Å². The van der Waals surface area contributed by atoms with E-state index < -0.39 is 0 Å². The summed E-state index contributed by atoms with van der Waals surface area (Å²) >= 11 is 5.91. The number of aromatic nitrogens is 5. The molecule has 4 aromatic rings. The van der Waals surface area contributed by atoms with Crippen molar-refractivity contribution >= 4 is 39.7 Å². The zero-order valence-electron chi connectivity index (χ0n) is 19.4. The third-order valence-corrected chi connectivity index (χ3v) is 7.07. The van der Waals surface area contributed by atoms with E-state index in [9.17, 15) is 4.79 Å². The van der Waals surface area contributed by atoms with Crippen molar-refractivity contribution in [1.29, 1.82) is 0 Å². The number of amides is 1. The molecule has 1 saturated heterocycles. The number of alkyl halides is 1. The summed E-state index contributed by atoms with van der Waals surface area (Å²) in [5.74, 6) is 1.63. The Morgan fingerprint density at radius 3 is 2.86 bits per heavy atom. The fourth-order valence-electron chi connectivity index (χ4n) is 4.67. The highest BCUT2D eigenvalue weighted by molar-refractivity contribution is 6.18. The first kappa shape index (κ1) is 22.3. The van der Waals surface area contributed by atoms with E-state index in [1.165, 1.54) is 19.0 Å². The number of carbonyl (C=O) groups excluding carboxylic acids is 1. The number of rotatable bonds is 8. The Morgan fingerprint density at radius 1 is 1.20 bits per heavy atom. The quantitative estimate of drug-likeness (QED) is 0.373. The zero-order valence-corrected chi connectivity index (χ0v) is 20.2. The number of ether oxygens (including phenoxy) is 1. The normalized spacial score (nSPS) is 17.3. The third-order valence-electron chi connectivity index (χ3n) is 6.90. The van der Waals surface area contributed by atoms with Gasteiger partial charge in [-0.2, -0.15) is 10.2 Å². The molecule has 6 rings (SSSR count). The SMILES string of the molecule is O=C(Nc1cc2cn(C3CCN(CCCl)CC3)nc2cc1OCC1CC1)c1cnn2cccnc12. The van der Waals surface area contributed by atoms with Gasteiger partial charge in [-0.25, -0.2) is 9.50 Å². The van der Waals surface area contributed by atoms with E-state index in [2.05, 4.69) is 31.2 Å². The molecular weight excluding hydrogens is 466 g/mol. The second kappa shape index (κ2) is 9.47. The maximum atomic E-state index is 13.2. The number of piperidine rings is 1. The van der Waals surface area contributed by atoms with Crippen molar-refractivity contribution in [2.75, 3.05) is 37.4 Å². The lowest BCUT2D eigenvalue weighted by atomic mass is 10.1. The van der Waals surface area contributed by atoms with Gasteiger partial charge in [-0.15, -0.1) is 11.6 Å². The van der Waals surface area contributed by atoms with E-state index in [-0.39, 0.29) is 5.91 Å². The molecule has 0 radical (unpaired) electrons. The topological polar surface area (TPSA) is 89.6 Å². The molecule has 0 spiro atoms. The van der Waals surface area contributed by atoms with Crippen LogP contribution in [0.25, 0.3) is 16.6 Å². The molecule has 1 aliphatic heterocycles. The lowest BCUT2D eigenvalue weighted by molar-refractivity contribution is 0.102. The average Bonchev–Trinajstić information content (AvgIpc) is 3.45. The van der Waals surface area contributed by atoms with Crippen LogP contribution >= 0.6 is 11.6 Å². The first-order valence-corrected chi connectivity index (χ1v) is 12.7. The summed E-state index contributed by atoms with van der Waals surface area (Å²) in [4.78, 5) is 19.9. The molecule has 0 unspecified atom stereocenters. The van der Waals surface area contributed by atoms with Gasteiger partial charge in [0.25, 0.3) is 5.91 Å². The van der Waals surface area contributed by atoms with Gasteiger partial charge >= 0.3 is 0 Å². The zero-order chi connectivity index (χ0) is 23.8. The van der Waals surface area contributed by atoms with Crippen molar-refractivity contribution in [2.24, 2.45) is 5.92 Å². The molecule has 2 aliphatic rings. The molecule has 4 heterocycles. The number of hydrogen-bond acceptors (Lipinski definition) is 6. The summed E-state index contributed by atoms with van der Waals surface area (Å²) < 4.78 is 9.82. The molecule has 0 bridgehead atoms. The molecule has 9 nitrogen and oxygen atoms in total. The molecule has 182 valence electrons. The Labute approximate surface area is 208 Å². The van der Waals surface area contributed by atoms with Crippen molar-refractivity contribution < 1.29 is 9.53 Å². The molecule has 1 amide bonds. The smallest absolute Gasteiger partial charge is 0.261 e. The summed E-state index contributed by atoms with van der Waals surface area (Å²) in [5.41, 5.74) is 2.43. The first-order valence-electron chi connectivity index (χ1n) is 12.2. The van der Waals surface area contributed by atoms with Crippen LogP contribution in [-0.4, -0.2) is 67.3 Å². The minimum absolute atomic E-state index is 0.270. The number of benzene rings is 1. The highest BCUT2D eigenvalue weighted by Crippen LogP contribution is 2.35. The van der Waals surface area contributed by atoms with E-state index in [4.69, 9.17) is 21.4 Å². The number of halogens is 1. The van der Waals surface area contributed by atoms with Crippen LogP contribution in [0.5, 0.6) is 5.75 Å². The van der Waals surface area contributed by atoms with Crippen molar-refractivity contribution in [2.45, 2.75) is 31.7 Å². The maximum Gasteiger partial charge on any atom is 0.261 e. The van der Waals surface area contributed by atoms with Crippen LogP contribution in [-0.2, 0) is 0 Å². The molecule has 0 atom stereocenters. The lowest BCUT2D eigenvalue weighted by Crippen LogP contribution is -2.35. The van der Waals surface area contributed by atoms with Crippen LogP contribution in [0, 0.1) is 5.92 Å². The van der Waals surface area contributed by atoms with Gasteiger partial charge in [0, 0.05) is 55.6 Å². The summed E-state index contributed by atoms with van der Waals surface area (Å²) in [6.07, 6.45) is 11.5. The largest absolute Gasteiger partial charge is 0.491 e. The van der Waals surface area contributed by atoms with Gasteiger partial charge in [0.05, 0.1) is 30.0 Å². The van der Waals surface area contributed by atoms with Crippen LogP contribution in [0.3, 0.4) is 0 Å². The maximum absolute atomic E-state index is 13.2. The molecule has 10 heteroatoms. The fraction of sp³-hybridized carbons (Fsp3) is 0.440. The van der Waals surface area contributed by atoms with Gasteiger partial charge in [0.2, 0.25) is 0 Å². The number of anilines is 1. The molecule has 1 saturated carbocycles. The number of nitrogens with zero attached hydrogens (tertiary/aromatic N) is 6.